The fourth-order valence-electron chi connectivity index (χ4n) is 2.81. The summed E-state index contributed by atoms with van der Waals surface area (Å²) in [6.45, 7) is 2.23. The summed E-state index contributed by atoms with van der Waals surface area (Å²) in [6, 6.07) is 6.21. The van der Waals surface area contributed by atoms with E-state index < -0.39 is 0 Å². The summed E-state index contributed by atoms with van der Waals surface area (Å²) >= 11 is 1.84. The van der Waals surface area contributed by atoms with Crippen LogP contribution in [-0.4, -0.2) is 5.75 Å². The van der Waals surface area contributed by atoms with Gasteiger partial charge >= 0.3 is 0 Å². The molecule has 1 aromatic carbocycles. The molecule has 1 aromatic rings. The van der Waals surface area contributed by atoms with Crippen LogP contribution in [0.15, 0.2) is 18.2 Å². The zero-order valence-corrected chi connectivity index (χ0v) is 13.7. The van der Waals surface area contributed by atoms with Gasteiger partial charge < -0.3 is 0 Å². The average molecular weight is 307 g/mol. The zero-order valence-electron chi connectivity index (χ0n) is 12.9. The molecule has 0 aliphatic heterocycles. The normalized spacial score (nSPS) is 19.7. The molecule has 2 fully saturated rings. The Hall–Kier alpha value is -0.540. The third-order valence-corrected chi connectivity index (χ3v) is 5.45. The molecule has 0 saturated heterocycles. The van der Waals surface area contributed by atoms with Crippen molar-refractivity contribution in [2.24, 2.45) is 11.8 Å². The minimum absolute atomic E-state index is 0.0150. The van der Waals surface area contributed by atoms with E-state index in [0.717, 1.165) is 29.6 Å². The molecule has 0 heterocycles. The molecule has 1 nitrogen and oxygen atoms in total. The number of benzene rings is 1. The maximum Gasteiger partial charge on any atom is 0.126 e. The van der Waals surface area contributed by atoms with E-state index >= 15 is 0 Å². The SMILES string of the molecule is CCCCSNC(c1ccc(F)c(CC2CC2)c1)C1CC1. The van der Waals surface area contributed by atoms with Crippen molar-refractivity contribution in [3.8, 4) is 0 Å². The van der Waals surface area contributed by atoms with Gasteiger partial charge in [0.05, 0.1) is 0 Å². The number of halogens is 1. The molecule has 3 rings (SSSR count). The van der Waals surface area contributed by atoms with E-state index in [1.54, 1.807) is 6.07 Å². The zero-order chi connectivity index (χ0) is 14.7. The second-order valence-electron chi connectivity index (χ2n) is 6.63. The Kier molecular flexibility index (Phi) is 5.23. The molecule has 0 aromatic heterocycles. The van der Waals surface area contributed by atoms with Crippen molar-refractivity contribution in [3.05, 3.63) is 35.1 Å². The Morgan fingerprint density at radius 2 is 2.10 bits per heavy atom. The van der Waals surface area contributed by atoms with Gasteiger partial charge in [0.15, 0.2) is 0 Å². The molecule has 1 atom stereocenters. The summed E-state index contributed by atoms with van der Waals surface area (Å²) in [4.78, 5) is 0. The lowest BCUT2D eigenvalue weighted by Crippen LogP contribution is -2.17. The van der Waals surface area contributed by atoms with Crippen molar-refractivity contribution in [2.75, 3.05) is 5.75 Å². The number of hydrogen-bond acceptors (Lipinski definition) is 2. The Labute approximate surface area is 132 Å². The molecule has 1 unspecified atom stereocenters. The third kappa shape index (κ3) is 4.46. The summed E-state index contributed by atoms with van der Waals surface area (Å²) in [5.74, 6) is 2.63. The number of hydrogen-bond donors (Lipinski definition) is 1. The molecule has 2 aliphatic rings. The van der Waals surface area contributed by atoms with Gasteiger partial charge in [0, 0.05) is 11.8 Å². The van der Waals surface area contributed by atoms with Crippen LogP contribution < -0.4 is 4.72 Å². The lowest BCUT2D eigenvalue weighted by atomic mass is 9.98. The molecule has 21 heavy (non-hydrogen) atoms. The molecule has 0 bridgehead atoms. The first-order valence-electron chi connectivity index (χ1n) is 8.43. The smallest absolute Gasteiger partial charge is 0.126 e. The number of nitrogens with one attached hydrogen (secondary N) is 1. The summed E-state index contributed by atoms with van der Waals surface area (Å²) in [7, 11) is 0. The predicted octanol–water partition coefficient (Wildman–Crippen LogP) is 5.27. The fourth-order valence-corrected chi connectivity index (χ4v) is 3.87. The Morgan fingerprint density at radius 3 is 2.76 bits per heavy atom. The highest BCUT2D eigenvalue weighted by Crippen LogP contribution is 2.42. The van der Waals surface area contributed by atoms with E-state index in [-0.39, 0.29) is 5.82 Å². The summed E-state index contributed by atoms with van der Waals surface area (Å²) < 4.78 is 17.6. The summed E-state index contributed by atoms with van der Waals surface area (Å²) in [5.41, 5.74) is 2.22. The van der Waals surface area contributed by atoms with Crippen LogP contribution in [0.4, 0.5) is 4.39 Å². The molecule has 0 amide bonds. The second-order valence-corrected chi connectivity index (χ2v) is 7.57. The van der Waals surface area contributed by atoms with Crippen molar-refractivity contribution in [1.82, 2.24) is 4.72 Å². The minimum Gasteiger partial charge on any atom is -0.256 e. The fraction of sp³-hybridized carbons (Fsp3) is 0.667. The average Bonchev–Trinajstić information content (AvgIpc) is 3.35. The Morgan fingerprint density at radius 1 is 1.29 bits per heavy atom. The maximum atomic E-state index is 14.0. The van der Waals surface area contributed by atoms with Crippen molar-refractivity contribution < 1.29 is 4.39 Å². The first-order chi connectivity index (χ1) is 10.3. The van der Waals surface area contributed by atoms with Crippen LogP contribution in [-0.2, 0) is 6.42 Å². The van der Waals surface area contributed by atoms with Gasteiger partial charge in [0.25, 0.3) is 0 Å². The molecule has 116 valence electrons. The Bertz CT molecular complexity index is 468. The van der Waals surface area contributed by atoms with Gasteiger partial charge in [-0.15, -0.1) is 0 Å². The van der Waals surface area contributed by atoms with Gasteiger partial charge in [-0.3, -0.25) is 4.72 Å². The van der Waals surface area contributed by atoms with Gasteiger partial charge in [-0.2, -0.15) is 0 Å². The molecule has 2 saturated carbocycles. The van der Waals surface area contributed by atoms with Crippen molar-refractivity contribution in [1.29, 1.82) is 0 Å². The van der Waals surface area contributed by atoms with E-state index in [4.69, 9.17) is 0 Å². The molecule has 1 N–H and O–H groups in total. The van der Waals surface area contributed by atoms with Crippen LogP contribution in [0.1, 0.15) is 62.6 Å². The van der Waals surface area contributed by atoms with Gasteiger partial charge in [-0.1, -0.05) is 37.4 Å². The highest BCUT2D eigenvalue weighted by atomic mass is 32.2. The van der Waals surface area contributed by atoms with E-state index in [2.05, 4.69) is 17.7 Å². The van der Waals surface area contributed by atoms with Gasteiger partial charge in [0.1, 0.15) is 5.82 Å². The first kappa shape index (κ1) is 15.4. The van der Waals surface area contributed by atoms with Crippen molar-refractivity contribution in [2.45, 2.75) is 57.9 Å². The van der Waals surface area contributed by atoms with Crippen LogP contribution >= 0.6 is 11.9 Å². The predicted molar refractivity (Wildman–Crippen MR) is 88.8 cm³/mol. The summed E-state index contributed by atoms with van der Waals surface area (Å²) in [6.07, 6.45) is 8.60. The van der Waals surface area contributed by atoms with E-state index in [0.29, 0.717) is 6.04 Å². The Balaban J connectivity index is 1.66. The summed E-state index contributed by atoms with van der Waals surface area (Å²) in [5, 5.41) is 0. The molecular weight excluding hydrogens is 281 g/mol. The third-order valence-electron chi connectivity index (χ3n) is 4.54. The highest BCUT2D eigenvalue weighted by molar-refractivity contribution is 7.97. The van der Waals surface area contributed by atoms with E-state index in [1.807, 2.05) is 18.0 Å². The van der Waals surface area contributed by atoms with Crippen LogP contribution in [0, 0.1) is 17.7 Å². The van der Waals surface area contributed by atoms with Crippen LogP contribution in [0.3, 0.4) is 0 Å². The second kappa shape index (κ2) is 7.15. The number of rotatable bonds is 9. The molecule has 3 heteroatoms. The van der Waals surface area contributed by atoms with E-state index in [9.17, 15) is 4.39 Å². The van der Waals surface area contributed by atoms with Crippen LogP contribution in [0.2, 0.25) is 0 Å². The molecule has 0 radical (unpaired) electrons. The lowest BCUT2D eigenvalue weighted by Gasteiger charge is -2.19. The lowest BCUT2D eigenvalue weighted by molar-refractivity contribution is 0.576. The van der Waals surface area contributed by atoms with Crippen molar-refractivity contribution in [3.63, 3.8) is 0 Å². The minimum atomic E-state index is -0.0150. The molecular formula is C18H26FNS. The monoisotopic (exact) mass is 307 g/mol. The first-order valence-corrected chi connectivity index (χ1v) is 9.42. The van der Waals surface area contributed by atoms with Gasteiger partial charge in [-0.05, 0) is 67.6 Å². The van der Waals surface area contributed by atoms with Gasteiger partial charge in [0.2, 0.25) is 0 Å². The highest BCUT2D eigenvalue weighted by Gasteiger charge is 2.33. The molecule has 0 spiro atoms. The number of unbranched alkanes of at least 4 members (excludes halogenated alkanes) is 1. The standard InChI is InChI=1S/C18H26FNS/c1-2-3-10-21-20-18(14-6-7-14)15-8-9-17(19)16(12-15)11-13-4-5-13/h8-9,12-14,18,20H,2-7,10-11H2,1H3. The maximum absolute atomic E-state index is 14.0. The van der Waals surface area contributed by atoms with Gasteiger partial charge in [-0.25, -0.2) is 4.39 Å². The van der Waals surface area contributed by atoms with Crippen LogP contribution in [0.5, 0.6) is 0 Å². The van der Waals surface area contributed by atoms with E-state index in [1.165, 1.54) is 44.1 Å². The molecule has 2 aliphatic carbocycles. The van der Waals surface area contributed by atoms with Crippen molar-refractivity contribution >= 4 is 11.9 Å². The van der Waals surface area contributed by atoms with Crippen LogP contribution in [0.25, 0.3) is 0 Å². The largest absolute Gasteiger partial charge is 0.256 e. The quantitative estimate of drug-likeness (QED) is 0.493. The topological polar surface area (TPSA) is 12.0 Å².